The third-order valence-electron chi connectivity index (χ3n) is 1.99. The van der Waals surface area contributed by atoms with E-state index >= 15 is 0 Å². The lowest BCUT2D eigenvalue weighted by atomic mass is 10.0. The summed E-state index contributed by atoms with van der Waals surface area (Å²) in [6.45, 7) is 5.59. The lowest BCUT2D eigenvalue weighted by Gasteiger charge is -2.19. The van der Waals surface area contributed by atoms with Gasteiger partial charge in [-0.3, -0.25) is 4.79 Å². The molecule has 1 heterocycles. The van der Waals surface area contributed by atoms with Gasteiger partial charge in [0.2, 0.25) is 0 Å². The molecule has 1 N–H and O–H groups in total. The molecule has 0 fully saturated rings. The molecule has 0 aliphatic rings. The minimum absolute atomic E-state index is 0.129. The number of carbonyl (C=O) groups excluding carboxylic acids is 1. The standard InChI is InChI=1S/C10H15N3O/c1-7(2)10(8(3)14)13-9-4-11-6-12-5-9/h4-7,10,13H,1-3H3/t10-/m0/s1. The van der Waals surface area contributed by atoms with E-state index in [4.69, 9.17) is 0 Å². The van der Waals surface area contributed by atoms with Gasteiger partial charge in [0.1, 0.15) is 6.33 Å². The highest BCUT2D eigenvalue weighted by Gasteiger charge is 2.17. The van der Waals surface area contributed by atoms with Gasteiger partial charge < -0.3 is 5.32 Å². The van der Waals surface area contributed by atoms with Gasteiger partial charge in [0.15, 0.2) is 5.78 Å². The highest BCUT2D eigenvalue weighted by Crippen LogP contribution is 2.10. The summed E-state index contributed by atoms with van der Waals surface area (Å²) in [5.74, 6) is 0.386. The van der Waals surface area contributed by atoms with Crippen molar-refractivity contribution in [2.75, 3.05) is 5.32 Å². The van der Waals surface area contributed by atoms with E-state index in [2.05, 4.69) is 15.3 Å². The molecule has 76 valence electrons. The average Bonchev–Trinajstić information content (AvgIpc) is 2.15. The summed E-state index contributed by atoms with van der Waals surface area (Å²) < 4.78 is 0. The zero-order chi connectivity index (χ0) is 10.6. The molecule has 4 nitrogen and oxygen atoms in total. The number of hydrogen-bond acceptors (Lipinski definition) is 4. The minimum Gasteiger partial charge on any atom is -0.373 e. The summed E-state index contributed by atoms with van der Waals surface area (Å²) in [5.41, 5.74) is 0.779. The second-order valence-electron chi connectivity index (χ2n) is 3.60. The first kappa shape index (κ1) is 10.6. The number of rotatable bonds is 4. The number of ketones is 1. The van der Waals surface area contributed by atoms with Gasteiger partial charge in [0.05, 0.1) is 24.1 Å². The van der Waals surface area contributed by atoms with Crippen LogP contribution < -0.4 is 5.32 Å². The molecule has 4 heteroatoms. The van der Waals surface area contributed by atoms with Gasteiger partial charge in [-0.15, -0.1) is 0 Å². The maximum absolute atomic E-state index is 11.3. The van der Waals surface area contributed by atoms with Crippen LogP contribution in [0.5, 0.6) is 0 Å². The van der Waals surface area contributed by atoms with Crippen LogP contribution in [0.2, 0.25) is 0 Å². The van der Waals surface area contributed by atoms with E-state index in [9.17, 15) is 4.79 Å². The van der Waals surface area contributed by atoms with Crippen molar-refractivity contribution < 1.29 is 4.79 Å². The zero-order valence-electron chi connectivity index (χ0n) is 8.69. The largest absolute Gasteiger partial charge is 0.373 e. The van der Waals surface area contributed by atoms with E-state index < -0.39 is 0 Å². The van der Waals surface area contributed by atoms with Gasteiger partial charge in [0.25, 0.3) is 0 Å². The van der Waals surface area contributed by atoms with E-state index in [0.29, 0.717) is 0 Å². The van der Waals surface area contributed by atoms with Crippen molar-refractivity contribution in [1.82, 2.24) is 9.97 Å². The minimum atomic E-state index is -0.166. The van der Waals surface area contributed by atoms with Crippen molar-refractivity contribution >= 4 is 11.5 Å². The van der Waals surface area contributed by atoms with Crippen molar-refractivity contribution in [2.24, 2.45) is 5.92 Å². The van der Waals surface area contributed by atoms with Crippen LogP contribution in [-0.2, 0) is 4.79 Å². The van der Waals surface area contributed by atoms with Crippen LogP contribution in [0.15, 0.2) is 18.7 Å². The van der Waals surface area contributed by atoms with Gasteiger partial charge in [0, 0.05) is 0 Å². The molecule has 0 aliphatic carbocycles. The third kappa shape index (κ3) is 2.80. The molecule has 0 spiro atoms. The summed E-state index contributed by atoms with van der Waals surface area (Å²) in [5, 5.41) is 3.10. The maximum Gasteiger partial charge on any atom is 0.152 e. The molecule has 0 saturated carbocycles. The predicted molar refractivity (Wildman–Crippen MR) is 55.0 cm³/mol. The number of anilines is 1. The summed E-state index contributed by atoms with van der Waals surface area (Å²) in [6.07, 6.45) is 4.78. The van der Waals surface area contributed by atoms with Crippen molar-refractivity contribution in [3.8, 4) is 0 Å². The van der Waals surface area contributed by atoms with Crippen LogP contribution in [-0.4, -0.2) is 21.8 Å². The summed E-state index contributed by atoms with van der Waals surface area (Å²) in [7, 11) is 0. The Morgan fingerprint density at radius 3 is 2.36 bits per heavy atom. The molecule has 0 aliphatic heterocycles. The van der Waals surface area contributed by atoms with Gasteiger partial charge in [-0.1, -0.05) is 13.8 Å². The Balaban J connectivity index is 2.70. The Hall–Kier alpha value is -1.45. The second kappa shape index (κ2) is 4.69. The molecule has 0 radical (unpaired) electrons. The fraction of sp³-hybridized carbons (Fsp3) is 0.500. The second-order valence-corrected chi connectivity index (χ2v) is 3.60. The number of carbonyl (C=O) groups is 1. The van der Waals surface area contributed by atoms with Crippen molar-refractivity contribution in [3.63, 3.8) is 0 Å². The fourth-order valence-electron chi connectivity index (χ4n) is 1.29. The lowest BCUT2D eigenvalue weighted by molar-refractivity contribution is -0.118. The van der Waals surface area contributed by atoms with Gasteiger partial charge >= 0.3 is 0 Å². The summed E-state index contributed by atoms with van der Waals surface area (Å²) in [6, 6.07) is -0.166. The summed E-state index contributed by atoms with van der Waals surface area (Å²) >= 11 is 0. The quantitative estimate of drug-likeness (QED) is 0.787. The lowest BCUT2D eigenvalue weighted by Crippen LogP contribution is -2.32. The first-order valence-corrected chi connectivity index (χ1v) is 4.63. The van der Waals surface area contributed by atoms with Gasteiger partial charge in [-0.2, -0.15) is 0 Å². The zero-order valence-corrected chi connectivity index (χ0v) is 8.69. The molecule has 1 atom stereocenters. The molecule has 0 aromatic carbocycles. The van der Waals surface area contributed by atoms with Crippen molar-refractivity contribution in [2.45, 2.75) is 26.8 Å². The molecule has 0 bridgehead atoms. The Bertz CT molecular complexity index is 297. The van der Waals surface area contributed by atoms with Crippen LogP contribution in [0.1, 0.15) is 20.8 Å². The number of hydrogen-bond donors (Lipinski definition) is 1. The normalized spacial score (nSPS) is 12.6. The molecular weight excluding hydrogens is 178 g/mol. The van der Waals surface area contributed by atoms with Crippen LogP contribution in [0.3, 0.4) is 0 Å². The van der Waals surface area contributed by atoms with E-state index in [1.54, 1.807) is 19.3 Å². The molecule has 1 rings (SSSR count). The Labute approximate surface area is 83.8 Å². The first-order chi connectivity index (χ1) is 6.61. The fourth-order valence-corrected chi connectivity index (χ4v) is 1.29. The topological polar surface area (TPSA) is 54.9 Å². The molecule has 0 unspecified atom stereocenters. The average molecular weight is 193 g/mol. The molecule has 1 aromatic heterocycles. The van der Waals surface area contributed by atoms with Crippen LogP contribution in [0.25, 0.3) is 0 Å². The van der Waals surface area contributed by atoms with Crippen molar-refractivity contribution in [3.05, 3.63) is 18.7 Å². The highest BCUT2D eigenvalue weighted by molar-refractivity contribution is 5.84. The number of nitrogens with one attached hydrogen (secondary N) is 1. The molecule has 0 saturated heterocycles. The third-order valence-corrected chi connectivity index (χ3v) is 1.99. The Morgan fingerprint density at radius 2 is 1.93 bits per heavy atom. The molecular formula is C10H15N3O. The monoisotopic (exact) mass is 193 g/mol. The van der Waals surface area contributed by atoms with E-state index in [1.807, 2.05) is 13.8 Å². The van der Waals surface area contributed by atoms with Crippen LogP contribution in [0.4, 0.5) is 5.69 Å². The van der Waals surface area contributed by atoms with Crippen LogP contribution in [0, 0.1) is 5.92 Å². The van der Waals surface area contributed by atoms with Gasteiger partial charge in [-0.25, -0.2) is 9.97 Å². The highest BCUT2D eigenvalue weighted by atomic mass is 16.1. The number of Topliss-reactive ketones (excluding diaryl/α,β-unsaturated/α-hetero) is 1. The number of aromatic nitrogens is 2. The first-order valence-electron chi connectivity index (χ1n) is 4.63. The van der Waals surface area contributed by atoms with Gasteiger partial charge in [-0.05, 0) is 12.8 Å². The summed E-state index contributed by atoms with van der Waals surface area (Å²) in [4.78, 5) is 19.0. The molecule has 14 heavy (non-hydrogen) atoms. The SMILES string of the molecule is CC(=O)[C@@H](Nc1cncnc1)C(C)C. The van der Waals surface area contributed by atoms with E-state index in [-0.39, 0.29) is 17.7 Å². The molecule has 1 aromatic rings. The Morgan fingerprint density at radius 1 is 1.36 bits per heavy atom. The number of nitrogens with zero attached hydrogens (tertiary/aromatic N) is 2. The van der Waals surface area contributed by atoms with Crippen molar-refractivity contribution in [1.29, 1.82) is 0 Å². The molecule has 0 amide bonds. The van der Waals surface area contributed by atoms with Crippen LogP contribution >= 0.6 is 0 Å². The maximum atomic E-state index is 11.3. The van der Waals surface area contributed by atoms with E-state index in [1.165, 1.54) is 6.33 Å². The smallest absolute Gasteiger partial charge is 0.152 e. The van der Waals surface area contributed by atoms with E-state index in [0.717, 1.165) is 5.69 Å². The Kier molecular flexibility index (Phi) is 3.56. The predicted octanol–water partition coefficient (Wildman–Crippen LogP) is 1.50.